The Bertz CT molecular complexity index is 523. The zero-order valence-corrected chi connectivity index (χ0v) is 9.17. The first kappa shape index (κ1) is 11.1. The van der Waals surface area contributed by atoms with Crippen LogP contribution in [0.3, 0.4) is 0 Å². The molecule has 6 heteroatoms. The van der Waals surface area contributed by atoms with Crippen LogP contribution in [-0.2, 0) is 6.54 Å². The molecule has 2 rings (SSSR count). The third-order valence-electron chi connectivity index (χ3n) is 2.36. The average molecular weight is 233 g/mol. The predicted molar refractivity (Wildman–Crippen MR) is 58.3 cm³/mol. The van der Waals surface area contributed by atoms with E-state index < -0.39 is 0 Å². The summed E-state index contributed by atoms with van der Waals surface area (Å²) in [7, 11) is 0. The maximum Gasteiger partial charge on any atom is 0.252 e. The van der Waals surface area contributed by atoms with Crippen LogP contribution in [0, 0.1) is 6.92 Å². The highest BCUT2D eigenvalue weighted by Crippen LogP contribution is 2.19. The maximum atomic E-state index is 11.8. The summed E-state index contributed by atoms with van der Waals surface area (Å²) in [4.78, 5) is 15.6. The Hall–Kier alpha value is -2.37. The van der Waals surface area contributed by atoms with Gasteiger partial charge in [-0.3, -0.25) is 4.79 Å². The second kappa shape index (κ2) is 4.65. The predicted octanol–water partition coefficient (Wildman–Crippen LogP) is 1.01. The van der Waals surface area contributed by atoms with Gasteiger partial charge in [-0.2, -0.15) is 4.98 Å². The smallest absolute Gasteiger partial charge is 0.252 e. The zero-order valence-electron chi connectivity index (χ0n) is 9.17. The molecule has 0 saturated heterocycles. The van der Waals surface area contributed by atoms with Crippen LogP contribution in [0.2, 0.25) is 0 Å². The van der Waals surface area contributed by atoms with E-state index in [1.165, 1.54) is 12.5 Å². The molecule has 0 unspecified atom stereocenters. The number of rotatable bonds is 3. The van der Waals surface area contributed by atoms with Crippen molar-refractivity contribution in [2.75, 3.05) is 0 Å². The van der Waals surface area contributed by atoms with Crippen molar-refractivity contribution in [2.45, 2.75) is 13.5 Å². The number of hydrogen-bond acceptors (Lipinski definition) is 5. The lowest BCUT2D eigenvalue weighted by Crippen LogP contribution is -2.24. The van der Waals surface area contributed by atoms with Crippen LogP contribution in [0.1, 0.15) is 21.7 Å². The number of carbonyl (C=O) groups excluding carboxylic acids is 1. The number of phenolic OH excluding ortho intramolecular Hbond substituents is 1. The molecule has 2 aromatic rings. The van der Waals surface area contributed by atoms with Gasteiger partial charge in [0.05, 0.1) is 6.54 Å². The summed E-state index contributed by atoms with van der Waals surface area (Å²) in [5, 5.41) is 15.7. The van der Waals surface area contributed by atoms with E-state index in [0.717, 1.165) is 0 Å². The van der Waals surface area contributed by atoms with E-state index in [0.29, 0.717) is 17.0 Å². The molecule has 0 spiro atoms. The van der Waals surface area contributed by atoms with Crippen molar-refractivity contribution in [3.8, 4) is 5.75 Å². The Balaban J connectivity index is 2.07. The number of nitrogens with zero attached hydrogens (tertiary/aromatic N) is 2. The first-order valence-corrected chi connectivity index (χ1v) is 5.00. The molecule has 0 aliphatic carbocycles. The molecule has 6 nitrogen and oxygen atoms in total. The Morgan fingerprint density at radius 3 is 3.06 bits per heavy atom. The Labute approximate surface area is 97.3 Å². The van der Waals surface area contributed by atoms with Crippen molar-refractivity contribution in [3.05, 3.63) is 41.5 Å². The fraction of sp³-hybridized carbons (Fsp3) is 0.182. The third kappa shape index (κ3) is 2.41. The highest BCUT2D eigenvalue weighted by atomic mass is 16.5. The lowest BCUT2D eigenvalue weighted by molar-refractivity contribution is 0.0948. The van der Waals surface area contributed by atoms with E-state index in [2.05, 4.69) is 20.0 Å². The number of phenols is 1. The van der Waals surface area contributed by atoms with Crippen LogP contribution in [0.25, 0.3) is 0 Å². The second-order valence-electron chi connectivity index (χ2n) is 3.48. The Kier molecular flexibility index (Phi) is 3.04. The van der Waals surface area contributed by atoms with Gasteiger partial charge < -0.3 is 14.9 Å². The van der Waals surface area contributed by atoms with Gasteiger partial charge in [-0.1, -0.05) is 11.2 Å². The standard InChI is InChI=1S/C11H11N3O3/c1-7-8(3-2-4-9(7)15)11(16)12-5-10-13-6-17-14-10/h2-4,6,15H,5H2,1H3,(H,12,16). The second-order valence-corrected chi connectivity index (χ2v) is 3.48. The fourth-order valence-electron chi connectivity index (χ4n) is 1.39. The first-order valence-electron chi connectivity index (χ1n) is 5.00. The normalized spacial score (nSPS) is 10.2. The molecule has 0 atom stereocenters. The zero-order chi connectivity index (χ0) is 12.3. The van der Waals surface area contributed by atoms with Gasteiger partial charge in [-0.25, -0.2) is 0 Å². The molecule has 0 saturated carbocycles. The van der Waals surface area contributed by atoms with Crippen molar-refractivity contribution < 1.29 is 14.4 Å². The van der Waals surface area contributed by atoms with Crippen LogP contribution in [0.15, 0.2) is 29.1 Å². The molecular weight excluding hydrogens is 222 g/mol. The van der Waals surface area contributed by atoms with Crippen molar-refractivity contribution in [1.82, 2.24) is 15.5 Å². The van der Waals surface area contributed by atoms with E-state index in [1.807, 2.05) is 0 Å². The number of aromatic hydroxyl groups is 1. The van der Waals surface area contributed by atoms with Crippen molar-refractivity contribution >= 4 is 5.91 Å². The molecule has 0 radical (unpaired) electrons. The lowest BCUT2D eigenvalue weighted by Gasteiger charge is -2.07. The van der Waals surface area contributed by atoms with Gasteiger partial charge in [0, 0.05) is 11.1 Å². The van der Waals surface area contributed by atoms with Crippen molar-refractivity contribution in [2.24, 2.45) is 0 Å². The summed E-state index contributed by atoms with van der Waals surface area (Å²) in [6.07, 6.45) is 1.20. The van der Waals surface area contributed by atoms with Gasteiger partial charge in [0.15, 0.2) is 5.82 Å². The monoisotopic (exact) mass is 233 g/mol. The summed E-state index contributed by atoms with van der Waals surface area (Å²) in [5.74, 6) is 0.205. The Morgan fingerprint density at radius 1 is 1.53 bits per heavy atom. The molecule has 88 valence electrons. The molecule has 0 fully saturated rings. The van der Waals surface area contributed by atoms with Gasteiger partial charge in [-0.15, -0.1) is 0 Å². The van der Waals surface area contributed by atoms with E-state index in [9.17, 15) is 9.90 Å². The average Bonchev–Trinajstić information content (AvgIpc) is 2.82. The number of nitrogens with one attached hydrogen (secondary N) is 1. The molecule has 0 aliphatic rings. The molecule has 1 aromatic heterocycles. The maximum absolute atomic E-state index is 11.8. The van der Waals surface area contributed by atoms with Crippen LogP contribution < -0.4 is 5.32 Å². The van der Waals surface area contributed by atoms with Gasteiger partial charge >= 0.3 is 0 Å². The van der Waals surface area contributed by atoms with E-state index in [1.54, 1.807) is 19.1 Å². The van der Waals surface area contributed by atoms with Gasteiger partial charge in [-0.05, 0) is 19.1 Å². The molecule has 1 amide bonds. The van der Waals surface area contributed by atoms with Crippen LogP contribution in [-0.4, -0.2) is 21.2 Å². The summed E-state index contributed by atoms with van der Waals surface area (Å²) < 4.78 is 4.54. The highest BCUT2D eigenvalue weighted by molar-refractivity contribution is 5.96. The summed E-state index contributed by atoms with van der Waals surface area (Å²) >= 11 is 0. The van der Waals surface area contributed by atoms with Gasteiger partial charge in [0.25, 0.3) is 5.91 Å². The Morgan fingerprint density at radius 2 is 2.35 bits per heavy atom. The lowest BCUT2D eigenvalue weighted by atomic mass is 10.1. The van der Waals surface area contributed by atoms with Crippen LogP contribution >= 0.6 is 0 Å². The minimum atomic E-state index is -0.289. The third-order valence-corrected chi connectivity index (χ3v) is 2.36. The molecule has 2 N–H and O–H groups in total. The van der Waals surface area contributed by atoms with Crippen LogP contribution in [0.4, 0.5) is 0 Å². The van der Waals surface area contributed by atoms with E-state index >= 15 is 0 Å². The summed E-state index contributed by atoms with van der Waals surface area (Å²) in [6, 6.07) is 4.79. The van der Waals surface area contributed by atoms with Gasteiger partial charge in [0.2, 0.25) is 6.39 Å². The van der Waals surface area contributed by atoms with Crippen molar-refractivity contribution in [1.29, 1.82) is 0 Å². The first-order chi connectivity index (χ1) is 8.18. The molecule has 0 bridgehead atoms. The number of aromatic nitrogens is 2. The number of hydrogen-bond donors (Lipinski definition) is 2. The van der Waals surface area contributed by atoms with Crippen LogP contribution in [0.5, 0.6) is 5.75 Å². The molecule has 1 heterocycles. The van der Waals surface area contributed by atoms with E-state index in [4.69, 9.17) is 0 Å². The number of benzene rings is 1. The topological polar surface area (TPSA) is 88.2 Å². The summed E-state index contributed by atoms with van der Waals surface area (Å²) in [6.45, 7) is 1.86. The minimum Gasteiger partial charge on any atom is -0.508 e. The minimum absolute atomic E-state index is 0.0946. The van der Waals surface area contributed by atoms with E-state index in [-0.39, 0.29) is 18.2 Å². The van der Waals surface area contributed by atoms with Crippen molar-refractivity contribution in [3.63, 3.8) is 0 Å². The quantitative estimate of drug-likeness (QED) is 0.826. The number of carbonyl (C=O) groups is 1. The molecular formula is C11H11N3O3. The largest absolute Gasteiger partial charge is 0.508 e. The SMILES string of the molecule is Cc1c(O)cccc1C(=O)NCc1ncon1. The van der Waals surface area contributed by atoms with Gasteiger partial charge in [0.1, 0.15) is 5.75 Å². The molecule has 17 heavy (non-hydrogen) atoms. The summed E-state index contributed by atoms with van der Waals surface area (Å²) in [5.41, 5.74) is 0.964. The molecule has 1 aromatic carbocycles. The number of amides is 1. The fourth-order valence-corrected chi connectivity index (χ4v) is 1.39. The highest BCUT2D eigenvalue weighted by Gasteiger charge is 2.11. The molecule has 0 aliphatic heterocycles.